The second kappa shape index (κ2) is 7.83. The Morgan fingerprint density at radius 2 is 1.93 bits per heavy atom. The number of carbonyl (C=O) groups is 1. The number of carbonyl (C=O) groups excluding carboxylic acids is 1. The second-order valence-corrected chi connectivity index (χ2v) is 7.70. The molecule has 0 radical (unpaired) electrons. The van der Waals surface area contributed by atoms with Crippen molar-refractivity contribution in [3.63, 3.8) is 0 Å². The molecule has 0 unspecified atom stereocenters. The minimum absolute atomic E-state index is 0.124. The van der Waals surface area contributed by atoms with Gasteiger partial charge in [0.1, 0.15) is 5.82 Å². The van der Waals surface area contributed by atoms with Crippen LogP contribution < -0.4 is 10.2 Å². The van der Waals surface area contributed by atoms with Crippen molar-refractivity contribution in [2.75, 3.05) is 37.7 Å². The number of nitrogens with one attached hydrogen (secondary N) is 1. The smallest absolute Gasteiger partial charge is 0.255 e. The maximum atomic E-state index is 12.9. The van der Waals surface area contributed by atoms with E-state index in [1.807, 2.05) is 36.4 Å². The third kappa shape index (κ3) is 4.10. The topological polar surface area (TPSA) is 80.5 Å². The van der Waals surface area contributed by atoms with Crippen molar-refractivity contribution in [3.8, 4) is 0 Å². The van der Waals surface area contributed by atoms with Gasteiger partial charge in [0.05, 0.1) is 18.8 Å². The summed E-state index contributed by atoms with van der Waals surface area (Å²) >= 11 is 0. The molecule has 0 atom stereocenters. The zero-order chi connectivity index (χ0) is 19.6. The first-order valence-electron chi connectivity index (χ1n) is 10.2. The monoisotopic (exact) mass is 392 g/mol. The summed E-state index contributed by atoms with van der Waals surface area (Å²) in [6, 6.07) is 11.9. The maximum Gasteiger partial charge on any atom is 0.255 e. The number of oxazole rings is 1. The molecule has 2 aromatic heterocycles. The second-order valence-electron chi connectivity index (χ2n) is 7.70. The van der Waals surface area contributed by atoms with Crippen LogP contribution in [0.25, 0.3) is 11.2 Å². The molecule has 1 aliphatic heterocycles. The molecule has 1 saturated heterocycles. The van der Waals surface area contributed by atoms with Gasteiger partial charge in [0.25, 0.3) is 5.91 Å². The molecule has 0 bridgehead atoms. The summed E-state index contributed by atoms with van der Waals surface area (Å²) in [4.78, 5) is 24.4. The van der Waals surface area contributed by atoms with Crippen LogP contribution >= 0.6 is 0 Å². The highest BCUT2D eigenvalue weighted by Crippen LogP contribution is 2.29. The highest BCUT2D eigenvalue weighted by molar-refractivity contribution is 6.04. The van der Waals surface area contributed by atoms with Gasteiger partial charge in [-0.1, -0.05) is 30.3 Å². The van der Waals surface area contributed by atoms with Crippen LogP contribution in [-0.2, 0) is 11.2 Å². The number of ether oxygens (including phenoxy) is 1. The quantitative estimate of drug-likeness (QED) is 0.695. The van der Waals surface area contributed by atoms with E-state index in [1.165, 1.54) is 12.8 Å². The number of aromatic nitrogens is 2. The standard InChI is InChI=1S/C22H24N4O3/c27-22(23-14-16-6-7-16)17-13-18(26-8-10-28-11-9-26)24-21-20(17)29-19(25-21)12-15-4-2-1-3-5-15/h1-5,13,16H,6-12,14H2,(H,23,27). The molecule has 3 aromatic rings. The molecule has 1 aliphatic carbocycles. The van der Waals surface area contributed by atoms with Gasteiger partial charge in [0, 0.05) is 26.1 Å². The van der Waals surface area contributed by atoms with Crippen LogP contribution in [0.3, 0.4) is 0 Å². The fourth-order valence-electron chi connectivity index (χ4n) is 3.57. The predicted molar refractivity (Wildman–Crippen MR) is 109 cm³/mol. The lowest BCUT2D eigenvalue weighted by Gasteiger charge is -2.27. The molecule has 29 heavy (non-hydrogen) atoms. The van der Waals surface area contributed by atoms with Crippen molar-refractivity contribution in [2.24, 2.45) is 5.92 Å². The van der Waals surface area contributed by atoms with E-state index >= 15 is 0 Å². The van der Waals surface area contributed by atoms with E-state index < -0.39 is 0 Å². The molecule has 0 spiro atoms. The Balaban J connectivity index is 1.50. The van der Waals surface area contributed by atoms with Crippen molar-refractivity contribution < 1.29 is 13.9 Å². The van der Waals surface area contributed by atoms with Crippen molar-refractivity contribution in [3.05, 3.63) is 53.4 Å². The molecule has 1 amide bonds. The zero-order valence-electron chi connectivity index (χ0n) is 16.3. The SMILES string of the molecule is O=C(NCC1CC1)c1cc(N2CCOCC2)nc2nc(Cc3ccccc3)oc12. The molecule has 1 N–H and O–H groups in total. The zero-order valence-corrected chi connectivity index (χ0v) is 16.3. The first-order valence-corrected chi connectivity index (χ1v) is 10.2. The summed E-state index contributed by atoms with van der Waals surface area (Å²) < 4.78 is 11.5. The third-order valence-electron chi connectivity index (χ3n) is 5.42. The van der Waals surface area contributed by atoms with Crippen molar-refractivity contribution >= 4 is 23.0 Å². The predicted octanol–water partition coefficient (Wildman–Crippen LogP) is 2.79. The summed E-state index contributed by atoms with van der Waals surface area (Å²) in [6.45, 7) is 3.51. The number of amides is 1. The fourth-order valence-corrected chi connectivity index (χ4v) is 3.57. The van der Waals surface area contributed by atoms with Crippen LogP contribution in [0.5, 0.6) is 0 Å². The van der Waals surface area contributed by atoms with Crippen molar-refractivity contribution in [2.45, 2.75) is 19.3 Å². The minimum atomic E-state index is -0.124. The van der Waals surface area contributed by atoms with E-state index in [0.29, 0.717) is 54.8 Å². The van der Waals surface area contributed by atoms with E-state index in [2.05, 4.69) is 15.2 Å². The van der Waals surface area contributed by atoms with Crippen LogP contribution in [0, 0.1) is 5.92 Å². The van der Waals surface area contributed by atoms with Crippen LogP contribution in [0.2, 0.25) is 0 Å². The van der Waals surface area contributed by atoms with Gasteiger partial charge < -0.3 is 19.4 Å². The van der Waals surface area contributed by atoms with Crippen LogP contribution in [0.15, 0.2) is 40.8 Å². The Labute approximate surface area is 169 Å². The molecule has 2 aliphatic rings. The van der Waals surface area contributed by atoms with E-state index in [4.69, 9.17) is 14.1 Å². The average Bonchev–Trinajstić information content (AvgIpc) is 3.51. The summed E-state index contributed by atoms with van der Waals surface area (Å²) in [7, 11) is 0. The first kappa shape index (κ1) is 18.1. The Bertz CT molecular complexity index is 1010. The Kier molecular flexibility index (Phi) is 4.89. The van der Waals surface area contributed by atoms with Crippen molar-refractivity contribution in [1.82, 2.24) is 15.3 Å². The Hall–Kier alpha value is -2.93. The molecule has 7 heteroatoms. The largest absolute Gasteiger partial charge is 0.438 e. The van der Waals surface area contributed by atoms with E-state index in [-0.39, 0.29) is 5.91 Å². The van der Waals surface area contributed by atoms with Crippen LogP contribution in [0.4, 0.5) is 5.82 Å². The average molecular weight is 392 g/mol. The van der Waals surface area contributed by atoms with Crippen molar-refractivity contribution in [1.29, 1.82) is 0 Å². The summed E-state index contributed by atoms with van der Waals surface area (Å²) in [5, 5.41) is 3.04. The number of anilines is 1. The molecule has 2 fully saturated rings. The lowest BCUT2D eigenvalue weighted by atomic mass is 10.2. The van der Waals surface area contributed by atoms with E-state index in [1.54, 1.807) is 0 Å². The molecule has 1 aromatic carbocycles. The molecule has 150 valence electrons. The number of pyridine rings is 1. The molecular weight excluding hydrogens is 368 g/mol. The summed E-state index contributed by atoms with van der Waals surface area (Å²) in [5.41, 5.74) is 2.55. The van der Waals surface area contributed by atoms with E-state index in [9.17, 15) is 4.79 Å². The highest BCUT2D eigenvalue weighted by atomic mass is 16.5. The maximum absolute atomic E-state index is 12.9. The summed E-state index contributed by atoms with van der Waals surface area (Å²) in [5.74, 6) is 1.80. The van der Waals surface area contributed by atoms with Gasteiger partial charge in [0.15, 0.2) is 5.58 Å². The lowest BCUT2D eigenvalue weighted by Crippen LogP contribution is -2.37. The van der Waals surface area contributed by atoms with Crippen LogP contribution in [-0.4, -0.2) is 48.7 Å². The van der Waals surface area contributed by atoms with Gasteiger partial charge >= 0.3 is 0 Å². The molecule has 3 heterocycles. The van der Waals surface area contributed by atoms with Gasteiger partial charge in [-0.05, 0) is 30.4 Å². The number of fused-ring (bicyclic) bond motifs is 1. The number of nitrogens with zero attached hydrogens (tertiary/aromatic N) is 3. The normalized spacial score (nSPS) is 16.9. The molecular formula is C22H24N4O3. The number of morpholine rings is 1. The fraction of sp³-hybridized carbons (Fsp3) is 0.409. The number of hydrogen-bond donors (Lipinski definition) is 1. The van der Waals surface area contributed by atoms with Crippen LogP contribution in [0.1, 0.15) is 34.7 Å². The summed E-state index contributed by atoms with van der Waals surface area (Å²) in [6.07, 6.45) is 2.94. The Morgan fingerprint density at radius 1 is 1.14 bits per heavy atom. The van der Waals surface area contributed by atoms with Gasteiger partial charge in [0.2, 0.25) is 11.5 Å². The van der Waals surface area contributed by atoms with Gasteiger partial charge in [-0.15, -0.1) is 0 Å². The highest BCUT2D eigenvalue weighted by Gasteiger charge is 2.25. The lowest BCUT2D eigenvalue weighted by molar-refractivity contribution is 0.0952. The number of hydrogen-bond acceptors (Lipinski definition) is 6. The molecule has 5 rings (SSSR count). The minimum Gasteiger partial charge on any atom is -0.438 e. The van der Waals surface area contributed by atoms with Gasteiger partial charge in [-0.3, -0.25) is 4.79 Å². The van der Waals surface area contributed by atoms with E-state index in [0.717, 1.165) is 24.5 Å². The molecule has 1 saturated carbocycles. The first-order chi connectivity index (χ1) is 14.3. The van der Waals surface area contributed by atoms with Gasteiger partial charge in [-0.2, -0.15) is 4.98 Å². The number of rotatable bonds is 6. The Morgan fingerprint density at radius 3 is 2.69 bits per heavy atom. The third-order valence-corrected chi connectivity index (χ3v) is 5.42. The molecule has 7 nitrogen and oxygen atoms in total. The number of benzene rings is 1. The van der Waals surface area contributed by atoms with Gasteiger partial charge in [-0.25, -0.2) is 4.98 Å².